The van der Waals surface area contributed by atoms with Crippen LogP contribution in [0.1, 0.15) is 20.7 Å². The number of nitrogen functional groups attached to an aromatic ring is 2. The van der Waals surface area contributed by atoms with Crippen LogP contribution in [0.4, 0.5) is 11.4 Å². The molecule has 3 aromatic carbocycles. The number of benzene rings is 3. The molecule has 0 saturated heterocycles. The molecule has 0 unspecified atom stereocenters. The van der Waals surface area contributed by atoms with Crippen LogP contribution in [0.2, 0.25) is 0 Å². The number of hydrogen-bond acceptors (Lipinski definition) is 5. The van der Waals surface area contributed by atoms with Crippen LogP contribution in [0.25, 0.3) is 0 Å². The Labute approximate surface area is 155 Å². The van der Waals surface area contributed by atoms with Gasteiger partial charge >= 0.3 is 11.9 Å². The second-order valence-electron chi connectivity index (χ2n) is 5.43. The average Bonchev–Trinajstić information content (AvgIpc) is 2.63. The number of carboxylic acid groups (broad SMARTS) is 2. The van der Waals surface area contributed by atoms with Crippen LogP contribution in [-0.2, 0) is 0 Å². The zero-order valence-electron chi connectivity index (χ0n) is 14.2. The summed E-state index contributed by atoms with van der Waals surface area (Å²) in [5.41, 5.74) is 12.5. The summed E-state index contributed by atoms with van der Waals surface area (Å²) in [5, 5.41) is 17.5. The van der Waals surface area contributed by atoms with Crippen LogP contribution in [0.15, 0.2) is 72.8 Å². The van der Waals surface area contributed by atoms with Crippen molar-refractivity contribution in [3.05, 3.63) is 83.9 Å². The van der Waals surface area contributed by atoms with Gasteiger partial charge in [0.05, 0.1) is 11.1 Å². The first-order valence-electron chi connectivity index (χ1n) is 7.81. The molecule has 0 atom stereocenters. The van der Waals surface area contributed by atoms with Gasteiger partial charge in [0.15, 0.2) is 0 Å². The van der Waals surface area contributed by atoms with E-state index < -0.39 is 11.9 Å². The van der Waals surface area contributed by atoms with Crippen molar-refractivity contribution < 1.29 is 24.5 Å². The van der Waals surface area contributed by atoms with Crippen molar-refractivity contribution in [3.63, 3.8) is 0 Å². The summed E-state index contributed by atoms with van der Waals surface area (Å²) in [7, 11) is 0. The van der Waals surface area contributed by atoms with E-state index in [4.69, 9.17) is 26.4 Å². The van der Waals surface area contributed by atoms with E-state index >= 15 is 0 Å². The third-order valence-corrected chi connectivity index (χ3v) is 3.35. The lowest BCUT2D eigenvalue weighted by atomic mass is 10.2. The van der Waals surface area contributed by atoms with Gasteiger partial charge in [-0.2, -0.15) is 0 Å². The van der Waals surface area contributed by atoms with Gasteiger partial charge in [0, 0.05) is 11.4 Å². The SMILES string of the molecule is Nc1cccc(N)c1.O=C(O)c1ccc(Oc2ccc(C(=O)O)cc2)cc1. The first-order valence-corrected chi connectivity index (χ1v) is 7.81. The Morgan fingerprint density at radius 3 is 1.30 bits per heavy atom. The zero-order valence-corrected chi connectivity index (χ0v) is 14.2. The molecule has 27 heavy (non-hydrogen) atoms. The number of anilines is 2. The Morgan fingerprint density at radius 2 is 1.04 bits per heavy atom. The molecule has 0 heterocycles. The van der Waals surface area contributed by atoms with E-state index in [0.29, 0.717) is 22.9 Å². The molecular weight excluding hydrogens is 348 g/mol. The molecule has 0 aromatic heterocycles. The quantitative estimate of drug-likeness (QED) is 0.516. The molecule has 0 fully saturated rings. The van der Waals surface area contributed by atoms with E-state index in [1.165, 1.54) is 48.5 Å². The van der Waals surface area contributed by atoms with Gasteiger partial charge in [-0.3, -0.25) is 0 Å². The Kier molecular flexibility index (Phi) is 6.38. The number of ether oxygens (including phenoxy) is 1. The number of rotatable bonds is 4. The van der Waals surface area contributed by atoms with E-state index in [9.17, 15) is 9.59 Å². The summed E-state index contributed by atoms with van der Waals surface area (Å²) in [6, 6.07) is 19.0. The van der Waals surface area contributed by atoms with Crippen molar-refractivity contribution in [2.45, 2.75) is 0 Å². The maximum absolute atomic E-state index is 10.7. The van der Waals surface area contributed by atoms with E-state index in [2.05, 4.69) is 0 Å². The highest BCUT2D eigenvalue weighted by atomic mass is 16.5. The Bertz CT molecular complexity index is 849. The van der Waals surface area contributed by atoms with Gasteiger partial charge in [-0.25, -0.2) is 9.59 Å². The molecule has 0 saturated carbocycles. The predicted octanol–water partition coefficient (Wildman–Crippen LogP) is 3.73. The Morgan fingerprint density at radius 1 is 0.667 bits per heavy atom. The third-order valence-electron chi connectivity index (χ3n) is 3.35. The fraction of sp³-hybridized carbons (Fsp3) is 0. The van der Waals surface area contributed by atoms with Crippen molar-refractivity contribution in [1.82, 2.24) is 0 Å². The molecule has 0 aliphatic heterocycles. The lowest BCUT2D eigenvalue weighted by Crippen LogP contribution is -1.96. The number of aromatic carboxylic acids is 2. The fourth-order valence-corrected chi connectivity index (χ4v) is 2.03. The second kappa shape index (κ2) is 8.91. The minimum atomic E-state index is -1.00. The van der Waals surface area contributed by atoms with Crippen LogP contribution < -0.4 is 16.2 Å². The smallest absolute Gasteiger partial charge is 0.335 e. The topological polar surface area (TPSA) is 136 Å². The third kappa shape index (κ3) is 6.09. The monoisotopic (exact) mass is 366 g/mol. The molecule has 0 bridgehead atoms. The van der Waals surface area contributed by atoms with Gasteiger partial charge in [0.1, 0.15) is 11.5 Å². The summed E-state index contributed by atoms with van der Waals surface area (Å²) in [6.45, 7) is 0. The van der Waals surface area contributed by atoms with Crippen LogP contribution in [-0.4, -0.2) is 22.2 Å². The molecule has 0 aliphatic rings. The number of carboxylic acids is 2. The summed E-state index contributed by atoms with van der Waals surface area (Å²) in [5.74, 6) is -1.05. The fourth-order valence-electron chi connectivity index (χ4n) is 2.03. The molecule has 138 valence electrons. The standard InChI is InChI=1S/C14H10O5.C6H8N2/c15-13(16)9-1-5-11(6-2-9)19-12-7-3-10(4-8-12)14(17)18;7-5-2-1-3-6(8)4-5/h1-8H,(H,15,16)(H,17,18);1-4H,7-8H2. The van der Waals surface area contributed by atoms with E-state index in [1.807, 2.05) is 6.07 Å². The highest BCUT2D eigenvalue weighted by Crippen LogP contribution is 2.22. The summed E-state index contributed by atoms with van der Waals surface area (Å²) in [6.07, 6.45) is 0. The van der Waals surface area contributed by atoms with Crippen molar-refractivity contribution in [1.29, 1.82) is 0 Å². The van der Waals surface area contributed by atoms with Crippen molar-refractivity contribution in [2.75, 3.05) is 11.5 Å². The maximum atomic E-state index is 10.7. The molecule has 0 spiro atoms. The van der Waals surface area contributed by atoms with E-state index in [0.717, 1.165) is 0 Å². The van der Waals surface area contributed by atoms with Crippen molar-refractivity contribution in [3.8, 4) is 11.5 Å². The predicted molar refractivity (Wildman–Crippen MR) is 102 cm³/mol. The minimum Gasteiger partial charge on any atom is -0.478 e. The largest absolute Gasteiger partial charge is 0.478 e. The normalized spacial score (nSPS) is 9.63. The first kappa shape index (κ1) is 19.3. The lowest BCUT2D eigenvalue weighted by Gasteiger charge is -2.06. The molecule has 0 aliphatic carbocycles. The van der Waals surface area contributed by atoms with Gasteiger partial charge in [-0.1, -0.05) is 6.07 Å². The number of hydrogen-bond donors (Lipinski definition) is 4. The van der Waals surface area contributed by atoms with E-state index in [-0.39, 0.29) is 11.1 Å². The van der Waals surface area contributed by atoms with Gasteiger partial charge in [-0.15, -0.1) is 0 Å². The molecule has 7 nitrogen and oxygen atoms in total. The average molecular weight is 366 g/mol. The second-order valence-corrected chi connectivity index (χ2v) is 5.43. The zero-order chi connectivity index (χ0) is 19.8. The van der Waals surface area contributed by atoms with Crippen LogP contribution in [0.5, 0.6) is 11.5 Å². The van der Waals surface area contributed by atoms with Crippen LogP contribution in [0, 0.1) is 0 Å². The molecule has 7 heteroatoms. The van der Waals surface area contributed by atoms with Crippen LogP contribution in [0.3, 0.4) is 0 Å². The molecule has 0 amide bonds. The molecule has 3 aromatic rings. The molecule has 3 rings (SSSR count). The summed E-state index contributed by atoms with van der Waals surface area (Å²) >= 11 is 0. The van der Waals surface area contributed by atoms with Crippen molar-refractivity contribution >= 4 is 23.3 Å². The van der Waals surface area contributed by atoms with Gasteiger partial charge in [0.25, 0.3) is 0 Å². The molecule has 6 N–H and O–H groups in total. The highest BCUT2D eigenvalue weighted by molar-refractivity contribution is 5.88. The Balaban J connectivity index is 0.000000273. The first-order chi connectivity index (χ1) is 12.8. The Hall–Kier alpha value is -4.00. The number of carbonyl (C=O) groups is 2. The van der Waals surface area contributed by atoms with Gasteiger partial charge < -0.3 is 26.4 Å². The molecule has 0 radical (unpaired) electrons. The number of nitrogens with two attached hydrogens (primary N) is 2. The summed E-state index contributed by atoms with van der Waals surface area (Å²) < 4.78 is 5.46. The van der Waals surface area contributed by atoms with Crippen LogP contribution >= 0.6 is 0 Å². The van der Waals surface area contributed by atoms with E-state index in [1.54, 1.807) is 18.2 Å². The lowest BCUT2D eigenvalue weighted by molar-refractivity contribution is 0.0686. The molecular formula is C20H18N2O5. The minimum absolute atomic E-state index is 0.175. The highest BCUT2D eigenvalue weighted by Gasteiger charge is 2.05. The van der Waals surface area contributed by atoms with Crippen molar-refractivity contribution in [2.24, 2.45) is 0 Å². The maximum Gasteiger partial charge on any atom is 0.335 e. The van der Waals surface area contributed by atoms with Gasteiger partial charge in [-0.05, 0) is 66.7 Å². The van der Waals surface area contributed by atoms with Gasteiger partial charge in [0.2, 0.25) is 0 Å². The summed E-state index contributed by atoms with van der Waals surface area (Å²) in [4.78, 5) is 21.4.